The van der Waals surface area contributed by atoms with E-state index < -0.39 is 0 Å². The molecule has 0 heterocycles. The summed E-state index contributed by atoms with van der Waals surface area (Å²) in [5, 5.41) is 16.9. The third-order valence-corrected chi connectivity index (χ3v) is 4.76. The fourth-order valence-corrected chi connectivity index (χ4v) is 3.31. The lowest BCUT2D eigenvalue weighted by Crippen LogP contribution is -2.40. The molecule has 0 radical (unpaired) electrons. The first-order valence-electron chi connectivity index (χ1n) is 8.72. The van der Waals surface area contributed by atoms with Crippen molar-refractivity contribution >= 4 is 17.7 Å². The summed E-state index contributed by atoms with van der Waals surface area (Å²) in [6, 6.07) is 15.7. The second kappa shape index (κ2) is 10.6. The molecule has 0 aromatic heterocycles. The van der Waals surface area contributed by atoms with Crippen molar-refractivity contribution in [3.05, 3.63) is 54.1 Å². The quantitative estimate of drug-likeness (QED) is 0.375. The molecule has 140 valence electrons. The van der Waals surface area contributed by atoms with Crippen LogP contribution in [0.4, 0.5) is 0 Å². The summed E-state index contributed by atoms with van der Waals surface area (Å²) < 4.78 is 5.07. The fraction of sp³-hybridized carbons (Fsp3) is 0.350. The van der Waals surface area contributed by atoms with Crippen molar-refractivity contribution in [3.8, 4) is 11.5 Å². The Morgan fingerprint density at radius 2 is 1.96 bits per heavy atom. The van der Waals surface area contributed by atoms with E-state index in [2.05, 4.69) is 46.8 Å². The number of aromatic hydroxyl groups is 1. The Balaban J connectivity index is 1.90. The molecule has 0 saturated carbocycles. The Labute approximate surface area is 159 Å². The third kappa shape index (κ3) is 6.52. The summed E-state index contributed by atoms with van der Waals surface area (Å²) in [5.74, 6) is 1.36. The summed E-state index contributed by atoms with van der Waals surface area (Å²) >= 11 is 1.83. The van der Waals surface area contributed by atoms with Crippen LogP contribution < -0.4 is 15.4 Å². The van der Waals surface area contributed by atoms with Crippen LogP contribution in [0.5, 0.6) is 11.5 Å². The van der Waals surface area contributed by atoms with E-state index in [1.165, 1.54) is 12.0 Å². The molecular formula is C20H27N3O2S. The first kappa shape index (κ1) is 20.0. The van der Waals surface area contributed by atoms with Crippen LogP contribution in [0.3, 0.4) is 0 Å². The molecule has 5 nitrogen and oxygen atoms in total. The Kier molecular flexibility index (Phi) is 8.15. The molecule has 0 aliphatic heterocycles. The number of benzene rings is 2. The van der Waals surface area contributed by atoms with E-state index in [0.717, 1.165) is 24.6 Å². The number of ether oxygens (including phenoxy) is 1. The molecule has 0 fully saturated rings. The standard InChI is InChI=1S/C20H27N3O2S/c1-4-21-20(22-13-15(2)26-17-8-6-5-7-9-17)23-14-16-10-11-19(25-3)18(24)12-16/h5-12,15,24H,4,13-14H2,1-3H3,(H2,21,22,23). The van der Waals surface area contributed by atoms with Gasteiger partial charge in [-0.3, -0.25) is 0 Å². The zero-order valence-corrected chi connectivity index (χ0v) is 16.3. The minimum absolute atomic E-state index is 0.131. The van der Waals surface area contributed by atoms with Crippen molar-refractivity contribution in [2.45, 2.75) is 30.5 Å². The van der Waals surface area contributed by atoms with Crippen LogP contribution in [0.25, 0.3) is 0 Å². The van der Waals surface area contributed by atoms with E-state index >= 15 is 0 Å². The zero-order chi connectivity index (χ0) is 18.8. The Morgan fingerprint density at radius 1 is 1.19 bits per heavy atom. The van der Waals surface area contributed by atoms with Crippen molar-refractivity contribution < 1.29 is 9.84 Å². The van der Waals surface area contributed by atoms with Crippen LogP contribution in [0.15, 0.2) is 58.4 Å². The second-order valence-corrected chi connectivity index (χ2v) is 7.34. The summed E-state index contributed by atoms with van der Waals surface area (Å²) in [7, 11) is 1.54. The van der Waals surface area contributed by atoms with Gasteiger partial charge < -0.3 is 20.5 Å². The smallest absolute Gasteiger partial charge is 0.191 e. The maximum Gasteiger partial charge on any atom is 0.191 e. The molecule has 2 rings (SSSR count). The van der Waals surface area contributed by atoms with Gasteiger partial charge in [-0.15, -0.1) is 11.8 Å². The van der Waals surface area contributed by atoms with Crippen molar-refractivity contribution in [3.63, 3.8) is 0 Å². The minimum atomic E-state index is 0.131. The molecule has 0 aliphatic rings. The molecule has 0 saturated heterocycles. The molecular weight excluding hydrogens is 346 g/mol. The number of rotatable bonds is 8. The maximum absolute atomic E-state index is 9.87. The van der Waals surface area contributed by atoms with Crippen molar-refractivity contribution in [1.29, 1.82) is 0 Å². The lowest BCUT2D eigenvalue weighted by atomic mass is 10.2. The van der Waals surface area contributed by atoms with Gasteiger partial charge >= 0.3 is 0 Å². The van der Waals surface area contributed by atoms with Gasteiger partial charge in [0.2, 0.25) is 0 Å². The first-order chi connectivity index (χ1) is 12.6. The number of methoxy groups -OCH3 is 1. The van der Waals surface area contributed by atoms with E-state index in [0.29, 0.717) is 17.5 Å². The van der Waals surface area contributed by atoms with Crippen LogP contribution in [-0.4, -0.2) is 36.5 Å². The predicted octanol–water partition coefficient (Wildman–Crippen LogP) is 3.64. The highest BCUT2D eigenvalue weighted by Gasteiger charge is 2.06. The van der Waals surface area contributed by atoms with Gasteiger partial charge in [-0.2, -0.15) is 0 Å². The SMILES string of the molecule is CCNC(=NCc1ccc(OC)c(O)c1)NCC(C)Sc1ccccc1. The van der Waals surface area contributed by atoms with Crippen molar-refractivity contribution in [2.24, 2.45) is 4.99 Å². The second-order valence-electron chi connectivity index (χ2n) is 5.82. The normalized spacial score (nSPS) is 12.5. The van der Waals surface area contributed by atoms with Gasteiger partial charge in [-0.1, -0.05) is 31.2 Å². The van der Waals surface area contributed by atoms with E-state index in [9.17, 15) is 5.11 Å². The van der Waals surface area contributed by atoms with Crippen LogP contribution in [0.2, 0.25) is 0 Å². The largest absolute Gasteiger partial charge is 0.504 e. The molecule has 1 unspecified atom stereocenters. The number of hydrogen-bond donors (Lipinski definition) is 3. The van der Waals surface area contributed by atoms with Crippen LogP contribution >= 0.6 is 11.8 Å². The van der Waals surface area contributed by atoms with Crippen LogP contribution in [0.1, 0.15) is 19.4 Å². The highest BCUT2D eigenvalue weighted by atomic mass is 32.2. The molecule has 0 amide bonds. The van der Waals surface area contributed by atoms with E-state index in [1.54, 1.807) is 12.1 Å². The summed E-state index contributed by atoms with van der Waals surface area (Å²) in [4.78, 5) is 5.85. The summed E-state index contributed by atoms with van der Waals surface area (Å²) in [5.41, 5.74) is 0.923. The van der Waals surface area contributed by atoms with Gasteiger partial charge in [-0.05, 0) is 36.8 Å². The first-order valence-corrected chi connectivity index (χ1v) is 9.60. The van der Waals surface area contributed by atoms with Gasteiger partial charge in [0, 0.05) is 23.2 Å². The fourth-order valence-electron chi connectivity index (χ4n) is 2.36. The minimum Gasteiger partial charge on any atom is -0.504 e. The van der Waals surface area contributed by atoms with E-state index in [1.807, 2.05) is 30.8 Å². The molecule has 6 heteroatoms. The lowest BCUT2D eigenvalue weighted by molar-refractivity contribution is 0.373. The molecule has 2 aromatic rings. The number of nitrogens with one attached hydrogen (secondary N) is 2. The topological polar surface area (TPSA) is 65.9 Å². The summed E-state index contributed by atoms with van der Waals surface area (Å²) in [6.07, 6.45) is 0. The number of phenolic OH excluding ortho intramolecular Hbond substituents is 1. The van der Waals surface area contributed by atoms with Gasteiger partial charge in [0.05, 0.1) is 13.7 Å². The van der Waals surface area contributed by atoms with E-state index in [4.69, 9.17) is 4.74 Å². The molecule has 3 N–H and O–H groups in total. The number of guanidine groups is 1. The molecule has 0 aliphatic carbocycles. The Hall–Kier alpha value is -2.34. The highest BCUT2D eigenvalue weighted by Crippen LogP contribution is 2.26. The Bertz CT molecular complexity index is 707. The molecule has 2 aromatic carbocycles. The number of hydrogen-bond acceptors (Lipinski definition) is 4. The highest BCUT2D eigenvalue weighted by molar-refractivity contribution is 8.00. The zero-order valence-electron chi connectivity index (χ0n) is 15.5. The van der Waals surface area contributed by atoms with Gasteiger partial charge in [-0.25, -0.2) is 4.99 Å². The average molecular weight is 374 g/mol. The number of thioether (sulfide) groups is 1. The molecule has 0 spiro atoms. The molecule has 1 atom stereocenters. The Morgan fingerprint density at radius 3 is 2.62 bits per heavy atom. The lowest BCUT2D eigenvalue weighted by Gasteiger charge is -2.16. The van der Waals surface area contributed by atoms with Gasteiger partial charge in [0.15, 0.2) is 17.5 Å². The maximum atomic E-state index is 9.87. The summed E-state index contributed by atoms with van der Waals surface area (Å²) in [6.45, 7) is 6.31. The third-order valence-electron chi connectivity index (χ3n) is 3.64. The van der Waals surface area contributed by atoms with Crippen LogP contribution in [0, 0.1) is 0 Å². The number of aliphatic imine (C=N–C) groups is 1. The molecule has 0 bridgehead atoms. The van der Waals surface area contributed by atoms with Gasteiger partial charge in [0.1, 0.15) is 0 Å². The average Bonchev–Trinajstić information content (AvgIpc) is 2.65. The molecule has 26 heavy (non-hydrogen) atoms. The predicted molar refractivity (Wildman–Crippen MR) is 109 cm³/mol. The van der Waals surface area contributed by atoms with E-state index in [-0.39, 0.29) is 5.75 Å². The van der Waals surface area contributed by atoms with Gasteiger partial charge in [0.25, 0.3) is 0 Å². The monoisotopic (exact) mass is 373 g/mol. The number of phenols is 1. The number of nitrogens with zero attached hydrogens (tertiary/aromatic N) is 1. The van der Waals surface area contributed by atoms with Crippen molar-refractivity contribution in [2.75, 3.05) is 20.2 Å². The van der Waals surface area contributed by atoms with Crippen molar-refractivity contribution in [1.82, 2.24) is 10.6 Å². The van der Waals surface area contributed by atoms with Crippen LogP contribution in [-0.2, 0) is 6.54 Å².